The predicted octanol–water partition coefficient (Wildman–Crippen LogP) is 15.8. The van der Waals surface area contributed by atoms with Gasteiger partial charge < -0.3 is 25.0 Å². The van der Waals surface area contributed by atoms with Crippen molar-refractivity contribution in [2.45, 2.75) is 245 Å². The van der Waals surface area contributed by atoms with Gasteiger partial charge in [-0.1, -0.05) is 187 Å². The van der Waals surface area contributed by atoms with E-state index in [9.17, 15) is 4.79 Å². The van der Waals surface area contributed by atoms with Crippen LogP contribution in [0.2, 0.25) is 0 Å². The fourth-order valence-corrected chi connectivity index (χ4v) is 7.65. The summed E-state index contributed by atoms with van der Waals surface area (Å²) < 4.78 is 12.6. The second kappa shape index (κ2) is 45.0. The summed E-state index contributed by atoms with van der Waals surface area (Å²) >= 11 is 0. The Balaban J connectivity index is -0.0000157. The van der Waals surface area contributed by atoms with E-state index in [4.69, 9.17) is 9.47 Å². The average Bonchev–Trinajstić information content (AvgIpc) is 3.22. The summed E-state index contributed by atoms with van der Waals surface area (Å²) in [5.74, 6) is 1.95. The number of amides is 2. The molecule has 0 aromatic carbocycles. The average molecular weight is 804 g/mol. The van der Waals surface area contributed by atoms with Crippen LogP contribution in [0.4, 0.5) is 4.79 Å². The Morgan fingerprint density at radius 1 is 0.544 bits per heavy atom. The van der Waals surface area contributed by atoms with Crippen LogP contribution in [0.25, 0.3) is 0 Å². The maximum absolute atomic E-state index is 11.6. The summed E-state index contributed by atoms with van der Waals surface area (Å²) in [5, 5.41) is 5.61. The Bertz CT molecular complexity index is 967. The molecule has 0 rings (SSSR count). The second-order valence-corrected chi connectivity index (χ2v) is 16.8. The first-order valence-electron chi connectivity index (χ1n) is 24.8. The molecule has 0 aromatic heterocycles. The molecule has 0 heterocycles. The Morgan fingerprint density at radius 2 is 0.947 bits per heavy atom. The van der Waals surface area contributed by atoms with E-state index < -0.39 is 0 Å². The molecule has 57 heavy (non-hydrogen) atoms. The molecule has 0 aliphatic heterocycles. The van der Waals surface area contributed by atoms with Gasteiger partial charge in [0.2, 0.25) is 0 Å². The largest absolute Gasteiger partial charge is 0.490 e. The molecule has 2 N–H and O–H groups in total. The maximum Gasteiger partial charge on any atom is 0.314 e. The van der Waals surface area contributed by atoms with Crippen molar-refractivity contribution in [1.82, 2.24) is 15.5 Å². The fraction of sp³-hybridized carbons (Fsp3) is 0.863. The van der Waals surface area contributed by atoms with Crippen molar-refractivity contribution in [1.29, 1.82) is 0 Å². The molecule has 2 amide bonds. The summed E-state index contributed by atoms with van der Waals surface area (Å²) in [6.45, 7) is 19.6. The third kappa shape index (κ3) is 39.1. The van der Waals surface area contributed by atoms with Crippen LogP contribution in [0.1, 0.15) is 242 Å². The zero-order valence-electron chi connectivity index (χ0n) is 38.7. The van der Waals surface area contributed by atoms with Gasteiger partial charge in [-0.05, 0) is 83.8 Å². The van der Waals surface area contributed by atoms with E-state index in [1.54, 1.807) is 7.05 Å². The van der Waals surface area contributed by atoms with Gasteiger partial charge in [-0.3, -0.25) is 0 Å². The third-order valence-electron chi connectivity index (χ3n) is 11.4. The normalized spacial score (nSPS) is 11.1. The Labute approximate surface area is 358 Å². The van der Waals surface area contributed by atoms with E-state index in [2.05, 4.69) is 60.9 Å². The molecule has 0 saturated heterocycles. The van der Waals surface area contributed by atoms with Gasteiger partial charge in [-0.15, -0.1) is 0 Å². The minimum atomic E-state index is -0.0924. The number of carbonyl (C=O) groups is 1. The van der Waals surface area contributed by atoms with Crippen molar-refractivity contribution in [3.63, 3.8) is 0 Å². The van der Waals surface area contributed by atoms with Crippen molar-refractivity contribution < 1.29 is 17.1 Å². The molecule has 6 nitrogen and oxygen atoms in total. The first kappa shape index (κ1) is 54.9. The SMILES string of the molecule is C=C=C(CCCCCCCN(CCCCCCCC(=C=C)OC(CCCCCCCC)CCCCCCCC)CCCNC(=O)NC)OCCCCCCCCC.[HH].[HH]. The molecule has 0 unspecified atom stereocenters. The lowest BCUT2D eigenvalue weighted by Gasteiger charge is -2.22. The van der Waals surface area contributed by atoms with Crippen LogP contribution in [0.5, 0.6) is 0 Å². The van der Waals surface area contributed by atoms with Crippen LogP contribution in [-0.4, -0.2) is 56.9 Å². The number of rotatable bonds is 45. The number of nitrogens with zero attached hydrogens (tertiary/aromatic N) is 1. The molecule has 0 atom stereocenters. The minimum absolute atomic E-state index is 0. The molecule has 0 aliphatic rings. The van der Waals surface area contributed by atoms with E-state index in [-0.39, 0.29) is 8.88 Å². The van der Waals surface area contributed by atoms with Gasteiger partial charge in [-0.25, -0.2) is 4.79 Å². The Hall–Kier alpha value is -2.13. The molecule has 0 bridgehead atoms. The zero-order chi connectivity index (χ0) is 41.7. The lowest BCUT2D eigenvalue weighted by Crippen LogP contribution is -2.35. The summed E-state index contributed by atoms with van der Waals surface area (Å²) in [6, 6.07) is -0.0924. The molecule has 338 valence electrons. The predicted molar refractivity (Wildman–Crippen MR) is 253 cm³/mol. The monoisotopic (exact) mass is 804 g/mol. The Kier molecular flexibility index (Phi) is 43.3. The van der Waals surface area contributed by atoms with Crippen LogP contribution in [0.15, 0.2) is 36.1 Å². The number of allylic oxidation sites excluding steroid dienone is 2. The molecule has 6 heteroatoms. The van der Waals surface area contributed by atoms with Gasteiger partial charge in [0.15, 0.2) is 0 Å². The molecule has 0 aromatic rings. The standard InChI is InChI=1S/C51H97N3O3.2H2/c1-7-12-15-18-21-30-37-47-56-48(10-4)39-31-26-22-28-35-44-54(46-38-43-53-51(55)52-6)45-36-29-23-27-32-40-49(11-5)57-50(41-33-24-19-16-13-8-2)42-34-25-20-17-14-9-3;;/h50H,4-5,7-9,12-47H2,1-3,6H3,(H2,52,53,55);2*1H. The fourth-order valence-electron chi connectivity index (χ4n) is 7.65. The molecule has 0 spiro atoms. The summed E-state index contributed by atoms with van der Waals surface area (Å²) in [6.07, 6.45) is 43.0. The van der Waals surface area contributed by atoms with Gasteiger partial charge in [-0.2, -0.15) is 0 Å². The molecule has 0 aliphatic carbocycles. The van der Waals surface area contributed by atoms with Crippen molar-refractivity contribution in [2.75, 3.05) is 39.8 Å². The highest BCUT2D eigenvalue weighted by Crippen LogP contribution is 2.22. The van der Waals surface area contributed by atoms with E-state index in [1.807, 2.05) is 0 Å². The highest BCUT2D eigenvalue weighted by molar-refractivity contribution is 5.73. The van der Waals surface area contributed by atoms with Crippen LogP contribution in [-0.2, 0) is 9.47 Å². The number of nitrogens with one attached hydrogen (secondary N) is 2. The van der Waals surface area contributed by atoms with Crippen molar-refractivity contribution in [2.24, 2.45) is 0 Å². The van der Waals surface area contributed by atoms with Crippen molar-refractivity contribution in [3.8, 4) is 0 Å². The van der Waals surface area contributed by atoms with Crippen molar-refractivity contribution in [3.05, 3.63) is 36.1 Å². The van der Waals surface area contributed by atoms with E-state index >= 15 is 0 Å². The van der Waals surface area contributed by atoms with E-state index in [0.717, 1.165) is 82.8 Å². The lowest BCUT2D eigenvalue weighted by molar-refractivity contribution is 0.0890. The lowest BCUT2D eigenvalue weighted by atomic mass is 10.0. The van der Waals surface area contributed by atoms with Crippen LogP contribution < -0.4 is 10.6 Å². The molecular weight excluding hydrogens is 703 g/mol. The minimum Gasteiger partial charge on any atom is -0.490 e. The van der Waals surface area contributed by atoms with Crippen molar-refractivity contribution >= 4 is 6.03 Å². The number of hydrogen-bond donors (Lipinski definition) is 2. The number of urea groups is 1. The van der Waals surface area contributed by atoms with E-state index in [1.165, 1.54) is 180 Å². The summed E-state index contributed by atoms with van der Waals surface area (Å²) in [4.78, 5) is 14.3. The van der Waals surface area contributed by atoms with Crippen LogP contribution in [0, 0.1) is 0 Å². The topological polar surface area (TPSA) is 62.8 Å². The maximum atomic E-state index is 11.6. The second-order valence-electron chi connectivity index (χ2n) is 16.8. The summed E-state index contributed by atoms with van der Waals surface area (Å²) in [5.41, 5.74) is 6.22. The first-order valence-corrected chi connectivity index (χ1v) is 24.8. The third-order valence-corrected chi connectivity index (χ3v) is 11.4. The molecular formula is C51H101N3O3. The van der Waals surface area contributed by atoms with Gasteiger partial charge in [0.25, 0.3) is 0 Å². The smallest absolute Gasteiger partial charge is 0.314 e. The van der Waals surface area contributed by atoms with Crippen LogP contribution in [0.3, 0.4) is 0 Å². The highest BCUT2D eigenvalue weighted by Gasteiger charge is 2.13. The Morgan fingerprint density at radius 3 is 1.42 bits per heavy atom. The van der Waals surface area contributed by atoms with Gasteiger partial charge in [0.05, 0.1) is 12.7 Å². The highest BCUT2D eigenvalue weighted by atomic mass is 16.5. The zero-order valence-corrected chi connectivity index (χ0v) is 38.7. The number of unbranched alkanes of at least 4 members (excludes halogenated alkanes) is 24. The quantitative estimate of drug-likeness (QED) is 0.0366. The summed E-state index contributed by atoms with van der Waals surface area (Å²) in [7, 11) is 1.67. The van der Waals surface area contributed by atoms with Gasteiger partial charge in [0.1, 0.15) is 11.5 Å². The molecule has 0 saturated carbocycles. The molecule has 0 radical (unpaired) electrons. The molecule has 0 fully saturated rings. The number of carbonyl (C=O) groups excluding carboxylic acids is 1. The number of ether oxygens (including phenoxy) is 2. The first-order chi connectivity index (χ1) is 28.0. The van der Waals surface area contributed by atoms with E-state index in [0.29, 0.717) is 6.10 Å². The van der Waals surface area contributed by atoms with Gasteiger partial charge in [0, 0.05) is 29.3 Å². The van der Waals surface area contributed by atoms with Crippen LogP contribution >= 0.6 is 0 Å². The number of hydrogen-bond acceptors (Lipinski definition) is 4. The van der Waals surface area contributed by atoms with Gasteiger partial charge >= 0.3 is 6.03 Å².